The van der Waals surface area contributed by atoms with Gasteiger partial charge in [0.25, 0.3) is 0 Å². The molecule has 1 aromatic carbocycles. The number of H-pyrrole nitrogens is 1. The van der Waals surface area contributed by atoms with Crippen LogP contribution in [0.25, 0.3) is 11.1 Å². The van der Waals surface area contributed by atoms with Crippen molar-refractivity contribution in [3.8, 4) is 16.9 Å². The number of aromatic amines is 1. The van der Waals surface area contributed by atoms with Crippen molar-refractivity contribution in [2.75, 3.05) is 0 Å². The minimum atomic E-state index is -4.67. The van der Waals surface area contributed by atoms with E-state index in [9.17, 15) is 13.2 Å². The van der Waals surface area contributed by atoms with Gasteiger partial charge in [-0.25, -0.2) is 0 Å². The summed E-state index contributed by atoms with van der Waals surface area (Å²) in [6, 6.07) is 5.72. The number of hydrogen-bond acceptors (Lipinski definition) is 2. The molecule has 16 heavy (non-hydrogen) atoms. The summed E-state index contributed by atoms with van der Waals surface area (Å²) in [7, 11) is 0. The molecule has 2 aromatic rings. The van der Waals surface area contributed by atoms with Crippen LogP contribution in [0, 0.1) is 0 Å². The fourth-order valence-electron chi connectivity index (χ4n) is 1.28. The van der Waals surface area contributed by atoms with Crippen LogP contribution in [-0.4, -0.2) is 16.6 Å². The van der Waals surface area contributed by atoms with Crippen molar-refractivity contribution in [2.24, 2.45) is 0 Å². The van der Waals surface area contributed by atoms with Gasteiger partial charge in [0.1, 0.15) is 5.75 Å². The molecule has 0 aliphatic carbocycles. The number of nitrogens with zero attached hydrogens (tertiary/aromatic N) is 1. The van der Waals surface area contributed by atoms with Gasteiger partial charge in [-0.3, -0.25) is 5.10 Å². The Morgan fingerprint density at radius 2 is 2.00 bits per heavy atom. The number of benzene rings is 1. The Bertz CT molecular complexity index is 465. The summed E-state index contributed by atoms with van der Waals surface area (Å²) >= 11 is 0. The highest BCUT2D eigenvalue weighted by Crippen LogP contribution is 2.27. The van der Waals surface area contributed by atoms with Gasteiger partial charge >= 0.3 is 6.36 Å². The van der Waals surface area contributed by atoms with E-state index in [1.54, 1.807) is 12.3 Å². The van der Waals surface area contributed by atoms with Gasteiger partial charge in [-0.05, 0) is 17.7 Å². The van der Waals surface area contributed by atoms with Crippen LogP contribution in [0.4, 0.5) is 13.2 Å². The monoisotopic (exact) mass is 228 g/mol. The standard InChI is InChI=1S/C10H7F3N2O/c11-10(12,13)16-9-3-1-2-7(4-9)8-5-14-15-6-8/h1-6H,(H,14,15). The van der Waals surface area contributed by atoms with E-state index in [4.69, 9.17) is 0 Å². The Morgan fingerprint density at radius 3 is 2.62 bits per heavy atom. The topological polar surface area (TPSA) is 37.9 Å². The zero-order valence-electron chi connectivity index (χ0n) is 7.95. The van der Waals surface area contributed by atoms with Gasteiger partial charge in [0.05, 0.1) is 6.20 Å². The molecule has 0 unspecified atom stereocenters. The number of rotatable bonds is 2. The average Bonchev–Trinajstić information content (AvgIpc) is 2.68. The molecule has 0 bridgehead atoms. The van der Waals surface area contributed by atoms with Crippen LogP contribution in [0.3, 0.4) is 0 Å². The van der Waals surface area contributed by atoms with Gasteiger partial charge in [0.2, 0.25) is 0 Å². The number of alkyl halides is 3. The summed E-state index contributed by atoms with van der Waals surface area (Å²) in [4.78, 5) is 0. The smallest absolute Gasteiger partial charge is 0.406 e. The summed E-state index contributed by atoms with van der Waals surface area (Å²) in [6.45, 7) is 0. The predicted octanol–water partition coefficient (Wildman–Crippen LogP) is 2.98. The fraction of sp³-hybridized carbons (Fsp3) is 0.100. The normalized spacial score (nSPS) is 11.4. The molecule has 0 radical (unpaired) electrons. The highest BCUT2D eigenvalue weighted by molar-refractivity contribution is 5.63. The minimum absolute atomic E-state index is 0.244. The first kappa shape index (κ1) is 10.5. The third kappa shape index (κ3) is 2.53. The van der Waals surface area contributed by atoms with Crippen molar-refractivity contribution in [1.82, 2.24) is 10.2 Å². The number of ether oxygens (including phenoxy) is 1. The third-order valence-corrected chi connectivity index (χ3v) is 1.90. The van der Waals surface area contributed by atoms with Crippen molar-refractivity contribution in [2.45, 2.75) is 6.36 Å². The first-order valence-electron chi connectivity index (χ1n) is 4.39. The van der Waals surface area contributed by atoms with Crippen LogP contribution < -0.4 is 4.74 Å². The molecular formula is C10H7F3N2O. The van der Waals surface area contributed by atoms with Crippen molar-refractivity contribution < 1.29 is 17.9 Å². The Balaban J connectivity index is 2.27. The Hall–Kier alpha value is -1.98. The second kappa shape index (κ2) is 3.88. The van der Waals surface area contributed by atoms with Crippen molar-refractivity contribution in [3.05, 3.63) is 36.7 Å². The van der Waals surface area contributed by atoms with Crippen molar-refractivity contribution in [1.29, 1.82) is 0 Å². The number of aromatic nitrogens is 2. The first-order valence-corrected chi connectivity index (χ1v) is 4.39. The molecule has 3 nitrogen and oxygen atoms in total. The highest BCUT2D eigenvalue weighted by atomic mass is 19.4. The van der Waals surface area contributed by atoms with E-state index in [2.05, 4.69) is 14.9 Å². The van der Waals surface area contributed by atoms with Crippen LogP contribution >= 0.6 is 0 Å². The van der Waals surface area contributed by atoms with Crippen LogP contribution in [0.2, 0.25) is 0 Å². The largest absolute Gasteiger partial charge is 0.573 e. The zero-order valence-corrected chi connectivity index (χ0v) is 7.95. The molecule has 0 saturated heterocycles. The molecule has 0 amide bonds. The first-order chi connectivity index (χ1) is 7.54. The van der Waals surface area contributed by atoms with Crippen LogP contribution in [-0.2, 0) is 0 Å². The minimum Gasteiger partial charge on any atom is -0.406 e. The molecule has 0 atom stereocenters. The molecule has 2 rings (SSSR count). The molecule has 0 aliphatic heterocycles. The van der Waals surface area contributed by atoms with E-state index in [-0.39, 0.29) is 5.75 Å². The molecule has 0 spiro atoms. The van der Waals surface area contributed by atoms with E-state index >= 15 is 0 Å². The second-order valence-electron chi connectivity index (χ2n) is 3.06. The summed E-state index contributed by atoms with van der Waals surface area (Å²) < 4.78 is 39.7. The maximum atomic E-state index is 12.0. The van der Waals surface area contributed by atoms with E-state index in [1.807, 2.05) is 0 Å². The SMILES string of the molecule is FC(F)(F)Oc1cccc(-c2cn[nH]c2)c1. The lowest BCUT2D eigenvalue weighted by molar-refractivity contribution is -0.274. The maximum Gasteiger partial charge on any atom is 0.573 e. The van der Waals surface area contributed by atoms with Crippen molar-refractivity contribution >= 4 is 0 Å². The Kier molecular flexibility index (Phi) is 2.55. The lowest BCUT2D eigenvalue weighted by atomic mass is 10.1. The second-order valence-corrected chi connectivity index (χ2v) is 3.06. The average molecular weight is 228 g/mol. The van der Waals surface area contributed by atoms with Gasteiger partial charge in [-0.2, -0.15) is 5.10 Å². The number of nitrogens with one attached hydrogen (secondary N) is 1. The van der Waals surface area contributed by atoms with Gasteiger partial charge in [-0.1, -0.05) is 12.1 Å². The van der Waals surface area contributed by atoms with E-state index in [0.29, 0.717) is 11.1 Å². The van der Waals surface area contributed by atoms with Gasteiger partial charge in [0.15, 0.2) is 0 Å². The summed E-state index contributed by atoms with van der Waals surface area (Å²) in [5.74, 6) is -0.244. The predicted molar refractivity (Wildman–Crippen MR) is 50.7 cm³/mol. The Morgan fingerprint density at radius 1 is 1.19 bits per heavy atom. The number of halogens is 3. The summed E-state index contributed by atoms with van der Waals surface area (Å²) in [6.07, 6.45) is -1.56. The van der Waals surface area contributed by atoms with E-state index in [1.165, 1.54) is 24.4 Å². The molecule has 6 heteroatoms. The van der Waals surface area contributed by atoms with Gasteiger partial charge in [-0.15, -0.1) is 13.2 Å². The highest BCUT2D eigenvalue weighted by Gasteiger charge is 2.31. The molecule has 0 saturated carbocycles. The molecule has 1 heterocycles. The third-order valence-electron chi connectivity index (χ3n) is 1.90. The molecule has 1 aromatic heterocycles. The zero-order chi connectivity index (χ0) is 11.6. The van der Waals surface area contributed by atoms with Crippen LogP contribution in [0.15, 0.2) is 36.7 Å². The Labute approximate surface area is 88.9 Å². The van der Waals surface area contributed by atoms with Crippen molar-refractivity contribution in [3.63, 3.8) is 0 Å². The molecule has 0 aliphatic rings. The molecule has 84 valence electrons. The quantitative estimate of drug-likeness (QED) is 0.857. The molecule has 1 N–H and O–H groups in total. The lowest BCUT2D eigenvalue weighted by Gasteiger charge is -2.09. The number of hydrogen-bond donors (Lipinski definition) is 1. The van der Waals surface area contributed by atoms with Gasteiger partial charge < -0.3 is 4.74 Å². The fourth-order valence-corrected chi connectivity index (χ4v) is 1.28. The maximum absolute atomic E-state index is 12.0. The molecule has 0 fully saturated rings. The molecular weight excluding hydrogens is 221 g/mol. The van der Waals surface area contributed by atoms with Gasteiger partial charge in [0, 0.05) is 11.8 Å². The summed E-state index contributed by atoms with van der Waals surface area (Å²) in [5.41, 5.74) is 1.31. The lowest BCUT2D eigenvalue weighted by Crippen LogP contribution is -2.17. The van der Waals surface area contributed by atoms with E-state index in [0.717, 1.165) is 0 Å². The van der Waals surface area contributed by atoms with Crippen LogP contribution in [0.1, 0.15) is 0 Å². The summed E-state index contributed by atoms with van der Waals surface area (Å²) in [5, 5.41) is 6.30. The van der Waals surface area contributed by atoms with Crippen LogP contribution in [0.5, 0.6) is 5.75 Å². The van der Waals surface area contributed by atoms with E-state index < -0.39 is 6.36 Å².